The molecule has 5 heteroatoms. The Balaban J connectivity index is 0.00000161. The number of ether oxygens (including phenoxy) is 1. The number of carbonyl (C=O) groups excluding carboxylic acids is 1. The molecule has 3 fully saturated rings. The first kappa shape index (κ1) is 17.0. The topological polar surface area (TPSA) is 50.4 Å². The zero-order chi connectivity index (χ0) is 14.2. The molecule has 0 radical (unpaired) electrons. The molecule has 0 bridgehead atoms. The van der Waals surface area contributed by atoms with Gasteiger partial charge in [0.2, 0.25) is 5.91 Å². The molecule has 2 saturated carbocycles. The highest BCUT2D eigenvalue weighted by Crippen LogP contribution is 2.57. The monoisotopic (exact) mass is 316 g/mol. The van der Waals surface area contributed by atoms with E-state index in [-0.39, 0.29) is 29.6 Å². The summed E-state index contributed by atoms with van der Waals surface area (Å²) in [4.78, 5) is 12.5. The van der Waals surface area contributed by atoms with Crippen LogP contribution in [0.1, 0.15) is 52.4 Å². The summed E-state index contributed by atoms with van der Waals surface area (Å²) in [5.41, 5.74) is 0.282. The maximum Gasteiger partial charge on any atom is 0.223 e. The van der Waals surface area contributed by atoms with Crippen LogP contribution in [0.4, 0.5) is 0 Å². The van der Waals surface area contributed by atoms with E-state index in [1.807, 2.05) is 0 Å². The molecule has 0 aromatic rings. The zero-order valence-corrected chi connectivity index (χ0v) is 14.0. The third kappa shape index (κ3) is 3.08. The Kier molecular flexibility index (Phi) is 5.55. The number of nitrogens with one attached hydrogen (secondary N) is 2. The molecule has 1 amide bonds. The Labute approximate surface area is 134 Å². The van der Waals surface area contributed by atoms with Crippen LogP contribution in [0.15, 0.2) is 0 Å². The van der Waals surface area contributed by atoms with Crippen molar-refractivity contribution in [1.82, 2.24) is 10.6 Å². The maximum atomic E-state index is 12.5. The van der Waals surface area contributed by atoms with Crippen molar-refractivity contribution < 1.29 is 9.53 Å². The summed E-state index contributed by atoms with van der Waals surface area (Å²) >= 11 is 0. The smallest absolute Gasteiger partial charge is 0.223 e. The van der Waals surface area contributed by atoms with E-state index in [0.717, 1.165) is 32.4 Å². The van der Waals surface area contributed by atoms with Gasteiger partial charge in [-0.1, -0.05) is 6.42 Å². The highest BCUT2D eigenvalue weighted by Gasteiger charge is 2.59. The van der Waals surface area contributed by atoms with Crippen LogP contribution in [0.25, 0.3) is 0 Å². The second kappa shape index (κ2) is 6.84. The molecule has 1 aliphatic heterocycles. The highest BCUT2D eigenvalue weighted by atomic mass is 35.5. The van der Waals surface area contributed by atoms with Crippen LogP contribution >= 0.6 is 12.4 Å². The Morgan fingerprint density at radius 2 is 2.14 bits per heavy atom. The number of rotatable bonds is 4. The Morgan fingerprint density at radius 1 is 1.38 bits per heavy atom. The summed E-state index contributed by atoms with van der Waals surface area (Å²) in [5, 5.41) is 6.75. The summed E-state index contributed by atoms with van der Waals surface area (Å²) in [6, 6.07) is 0.834. The second-order valence-electron chi connectivity index (χ2n) is 6.90. The van der Waals surface area contributed by atoms with Crippen LogP contribution < -0.4 is 10.6 Å². The summed E-state index contributed by atoms with van der Waals surface area (Å²) in [5.74, 6) is 0.485. The average molecular weight is 317 g/mol. The van der Waals surface area contributed by atoms with Crippen molar-refractivity contribution in [2.24, 2.45) is 11.3 Å². The average Bonchev–Trinajstić information content (AvgIpc) is 2.35. The number of halogens is 1. The first-order chi connectivity index (χ1) is 9.65. The highest BCUT2D eigenvalue weighted by molar-refractivity contribution is 5.85. The van der Waals surface area contributed by atoms with E-state index < -0.39 is 0 Å². The molecule has 2 N–H and O–H groups in total. The molecule has 21 heavy (non-hydrogen) atoms. The van der Waals surface area contributed by atoms with E-state index in [4.69, 9.17) is 4.74 Å². The minimum atomic E-state index is 0. The van der Waals surface area contributed by atoms with Crippen LogP contribution in [0.3, 0.4) is 0 Å². The van der Waals surface area contributed by atoms with Gasteiger partial charge < -0.3 is 15.4 Å². The fourth-order valence-corrected chi connectivity index (χ4v) is 4.30. The normalized spacial score (nSPS) is 37.0. The summed E-state index contributed by atoms with van der Waals surface area (Å²) in [6.07, 6.45) is 7.10. The predicted octanol–water partition coefficient (Wildman–Crippen LogP) is 2.26. The lowest BCUT2D eigenvalue weighted by Gasteiger charge is -2.61. The minimum absolute atomic E-state index is 0. The van der Waals surface area contributed by atoms with Crippen molar-refractivity contribution in [3.63, 3.8) is 0 Å². The number of carbonyl (C=O) groups is 1. The van der Waals surface area contributed by atoms with Crippen LogP contribution in [0.2, 0.25) is 0 Å². The zero-order valence-electron chi connectivity index (χ0n) is 13.2. The van der Waals surface area contributed by atoms with Gasteiger partial charge in [0.25, 0.3) is 0 Å². The summed E-state index contributed by atoms with van der Waals surface area (Å²) in [7, 11) is 0. The Morgan fingerprint density at radius 3 is 2.71 bits per heavy atom. The predicted molar refractivity (Wildman–Crippen MR) is 85.7 cm³/mol. The standard InChI is InChI=1S/C16H28N2O2.ClH/c1-3-20-14-10-13(16(14)6-4-7-16)18-15(19)12-5-8-17-11(2)9-12;/h11-14,17H,3-10H2,1-2H3,(H,18,19);1H/t11-,12-,13?,14?;/m0./s1. The van der Waals surface area contributed by atoms with Gasteiger partial charge >= 0.3 is 0 Å². The van der Waals surface area contributed by atoms with Gasteiger partial charge in [0.15, 0.2) is 0 Å². The molecule has 1 spiro atoms. The molecule has 2 unspecified atom stereocenters. The van der Waals surface area contributed by atoms with Gasteiger partial charge in [-0.15, -0.1) is 12.4 Å². The van der Waals surface area contributed by atoms with Gasteiger partial charge in [-0.25, -0.2) is 0 Å². The number of hydrogen-bond acceptors (Lipinski definition) is 3. The van der Waals surface area contributed by atoms with Crippen molar-refractivity contribution >= 4 is 18.3 Å². The van der Waals surface area contributed by atoms with E-state index in [9.17, 15) is 4.79 Å². The molecule has 1 saturated heterocycles. The van der Waals surface area contributed by atoms with Crippen molar-refractivity contribution in [2.75, 3.05) is 13.2 Å². The lowest BCUT2D eigenvalue weighted by molar-refractivity contribution is -0.177. The molecule has 0 aromatic carbocycles. The van der Waals surface area contributed by atoms with Crippen LogP contribution in [-0.2, 0) is 9.53 Å². The van der Waals surface area contributed by atoms with Gasteiger partial charge in [0.1, 0.15) is 0 Å². The van der Waals surface area contributed by atoms with E-state index in [1.54, 1.807) is 0 Å². The Hall–Kier alpha value is -0.320. The molecule has 122 valence electrons. The molecular weight excluding hydrogens is 288 g/mol. The molecule has 3 rings (SSSR count). The summed E-state index contributed by atoms with van der Waals surface area (Å²) in [6.45, 7) is 5.99. The first-order valence-electron chi connectivity index (χ1n) is 8.31. The maximum absolute atomic E-state index is 12.5. The third-order valence-corrected chi connectivity index (χ3v) is 5.75. The largest absolute Gasteiger partial charge is 0.378 e. The van der Waals surface area contributed by atoms with Gasteiger partial charge in [-0.05, 0) is 52.5 Å². The van der Waals surface area contributed by atoms with E-state index in [0.29, 0.717) is 18.2 Å². The number of piperidine rings is 1. The van der Waals surface area contributed by atoms with Crippen LogP contribution in [-0.4, -0.2) is 37.2 Å². The molecule has 0 aromatic heterocycles. The van der Waals surface area contributed by atoms with E-state index in [1.165, 1.54) is 19.3 Å². The fraction of sp³-hybridized carbons (Fsp3) is 0.938. The summed E-state index contributed by atoms with van der Waals surface area (Å²) < 4.78 is 5.85. The van der Waals surface area contributed by atoms with Crippen molar-refractivity contribution in [1.29, 1.82) is 0 Å². The van der Waals surface area contributed by atoms with Crippen molar-refractivity contribution in [2.45, 2.75) is 70.6 Å². The second-order valence-corrected chi connectivity index (χ2v) is 6.90. The van der Waals surface area contributed by atoms with Gasteiger partial charge in [0, 0.05) is 30.0 Å². The fourth-order valence-electron chi connectivity index (χ4n) is 4.30. The Bertz CT molecular complexity index is 373. The van der Waals surface area contributed by atoms with Crippen LogP contribution in [0, 0.1) is 11.3 Å². The molecule has 4 atom stereocenters. The lowest BCUT2D eigenvalue weighted by Crippen LogP contribution is -2.68. The first-order valence-corrected chi connectivity index (χ1v) is 8.31. The van der Waals surface area contributed by atoms with Gasteiger partial charge in [-0.2, -0.15) is 0 Å². The molecule has 4 nitrogen and oxygen atoms in total. The van der Waals surface area contributed by atoms with Crippen molar-refractivity contribution in [3.05, 3.63) is 0 Å². The molecule has 2 aliphatic carbocycles. The number of hydrogen-bond donors (Lipinski definition) is 2. The third-order valence-electron chi connectivity index (χ3n) is 5.75. The molecular formula is C16H29ClN2O2. The molecule has 1 heterocycles. The molecule has 3 aliphatic rings. The quantitative estimate of drug-likeness (QED) is 0.836. The SMILES string of the molecule is CCOC1CC(NC(=O)[C@H]2CCN[C@@H](C)C2)C12CCC2.Cl. The lowest BCUT2D eigenvalue weighted by atomic mass is 9.51. The van der Waals surface area contributed by atoms with Crippen molar-refractivity contribution in [3.8, 4) is 0 Å². The van der Waals surface area contributed by atoms with E-state index >= 15 is 0 Å². The van der Waals surface area contributed by atoms with Gasteiger partial charge in [-0.3, -0.25) is 4.79 Å². The van der Waals surface area contributed by atoms with E-state index in [2.05, 4.69) is 24.5 Å². The van der Waals surface area contributed by atoms with Gasteiger partial charge in [0.05, 0.1) is 6.10 Å². The minimum Gasteiger partial charge on any atom is -0.378 e. The van der Waals surface area contributed by atoms with Crippen LogP contribution in [0.5, 0.6) is 0 Å². The number of amides is 1.